The van der Waals surface area contributed by atoms with Gasteiger partial charge in [0.05, 0.1) is 12.1 Å². The summed E-state index contributed by atoms with van der Waals surface area (Å²) in [6.07, 6.45) is -3.89. The Morgan fingerprint density at radius 2 is 1.57 bits per heavy atom. The van der Waals surface area contributed by atoms with Crippen molar-refractivity contribution in [3.05, 3.63) is 88.5 Å². The van der Waals surface area contributed by atoms with Gasteiger partial charge in [0.1, 0.15) is 17.7 Å². The number of alkyl halides is 3. The number of hydrogen-bond donors (Lipinski definition) is 3. The number of carbonyl (C=O) groups is 1. The van der Waals surface area contributed by atoms with Crippen LogP contribution in [0.15, 0.2) is 60.7 Å². The van der Waals surface area contributed by atoms with Gasteiger partial charge in [0.25, 0.3) is 5.91 Å². The van der Waals surface area contributed by atoms with Crippen molar-refractivity contribution in [3.63, 3.8) is 0 Å². The first-order valence-electron chi connectivity index (χ1n) is 12.0. The molecular weight excluding hydrogens is 479 g/mol. The molecule has 0 aliphatic heterocycles. The van der Waals surface area contributed by atoms with Gasteiger partial charge >= 0.3 is 6.18 Å². The number of halogens is 3. The zero-order chi connectivity index (χ0) is 27.3. The third-order valence-electron chi connectivity index (χ3n) is 5.95. The number of nitrogens with two attached hydrogens (primary N) is 1. The van der Waals surface area contributed by atoms with Crippen molar-refractivity contribution in [3.8, 4) is 16.9 Å². The first-order valence-corrected chi connectivity index (χ1v) is 12.0. The highest BCUT2D eigenvalue weighted by molar-refractivity contribution is 5.96. The highest BCUT2D eigenvalue weighted by Crippen LogP contribution is 2.36. The van der Waals surface area contributed by atoms with Gasteiger partial charge in [-0.3, -0.25) is 10.2 Å². The molecule has 3 rings (SSSR count). The largest absolute Gasteiger partial charge is 0.486 e. The van der Waals surface area contributed by atoms with Gasteiger partial charge in [-0.15, -0.1) is 0 Å². The van der Waals surface area contributed by atoms with Crippen LogP contribution in [-0.2, 0) is 6.18 Å². The van der Waals surface area contributed by atoms with Crippen LogP contribution in [0, 0.1) is 25.2 Å². The van der Waals surface area contributed by atoms with Crippen molar-refractivity contribution < 1.29 is 22.7 Å². The zero-order valence-electron chi connectivity index (χ0n) is 21.4. The molecule has 0 bridgehead atoms. The number of aryl methyl sites for hydroxylation is 2. The van der Waals surface area contributed by atoms with Crippen LogP contribution in [0.2, 0.25) is 0 Å². The zero-order valence-corrected chi connectivity index (χ0v) is 21.4. The van der Waals surface area contributed by atoms with Gasteiger partial charge in [0, 0.05) is 5.56 Å². The lowest BCUT2D eigenvalue weighted by molar-refractivity contribution is -0.137. The molecular formula is C29H32F3N3O2. The standard InChI is InChI=1S/C29H32F3N3O2/c1-17(2)13-25(20-5-7-22(8-6-20)28(36)35-16-26(33)34)37-24-14-18(3)27(19(4)15-24)21-9-11-23(12-10-21)29(30,31)32/h5-12,14-15,17,25H,13,16H2,1-4H3,(H3,33,34)(H,35,36). The summed E-state index contributed by atoms with van der Waals surface area (Å²) in [5.41, 5.74) is 9.39. The van der Waals surface area contributed by atoms with E-state index in [0.717, 1.165) is 40.8 Å². The quantitative estimate of drug-likeness (QED) is 0.218. The van der Waals surface area contributed by atoms with Crippen molar-refractivity contribution in [2.75, 3.05) is 6.54 Å². The van der Waals surface area contributed by atoms with E-state index in [0.29, 0.717) is 22.8 Å². The van der Waals surface area contributed by atoms with Gasteiger partial charge < -0.3 is 15.8 Å². The molecule has 196 valence electrons. The minimum Gasteiger partial charge on any atom is -0.486 e. The van der Waals surface area contributed by atoms with E-state index in [-0.39, 0.29) is 24.4 Å². The minimum absolute atomic E-state index is 0.0131. The third-order valence-corrected chi connectivity index (χ3v) is 5.95. The minimum atomic E-state index is -4.37. The Kier molecular flexibility index (Phi) is 8.63. The van der Waals surface area contributed by atoms with E-state index in [4.69, 9.17) is 15.9 Å². The maximum absolute atomic E-state index is 13.0. The van der Waals surface area contributed by atoms with Crippen LogP contribution in [0.5, 0.6) is 5.75 Å². The molecule has 37 heavy (non-hydrogen) atoms. The van der Waals surface area contributed by atoms with Crippen molar-refractivity contribution >= 4 is 11.7 Å². The van der Waals surface area contributed by atoms with Crippen molar-refractivity contribution in [2.24, 2.45) is 11.7 Å². The van der Waals surface area contributed by atoms with Crippen LogP contribution in [-0.4, -0.2) is 18.3 Å². The van der Waals surface area contributed by atoms with Crippen LogP contribution >= 0.6 is 0 Å². The van der Waals surface area contributed by atoms with Crippen molar-refractivity contribution in [1.82, 2.24) is 5.32 Å². The summed E-state index contributed by atoms with van der Waals surface area (Å²) in [4.78, 5) is 12.2. The summed E-state index contributed by atoms with van der Waals surface area (Å²) < 4.78 is 45.3. The van der Waals surface area contributed by atoms with E-state index < -0.39 is 11.7 Å². The van der Waals surface area contributed by atoms with Gasteiger partial charge in [0.15, 0.2) is 0 Å². The first kappa shape index (κ1) is 27.8. The SMILES string of the molecule is Cc1cc(OC(CC(C)C)c2ccc(C(=O)NCC(=N)N)cc2)cc(C)c1-c1ccc(C(F)(F)F)cc1. The van der Waals surface area contributed by atoms with E-state index in [1.807, 2.05) is 38.1 Å². The number of ether oxygens (including phenoxy) is 1. The number of amidine groups is 1. The number of hydrogen-bond acceptors (Lipinski definition) is 3. The molecule has 1 atom stereocenters. The first-order chi connectivity index (χ1) is 17.3. The van der Waals surface area contributed by atoms with E-state index in [9.17, 15) is 18.0 Å². The fourth-order valence-corrected chi connectivity index (χ4v) is 4.24. The van der Waals surface area contributed by atoms with Gasteiger partial charge in [-0.25, -0.2) is 0 Å². The molecule has 0 aromatic heterocycles. The highest BCUT2D eigenvalue weighted by Gasteiger charge is 2.30. The predicted molar refractivity (Wildman–Crippen MR) is 140 cm³/mol. The van der Waals surface area contributed by atoms with Crippen LogP contribution in [0.25, 0.3) is 11.1 Å². The second-order valence-corrected chi connectivity index (χ2v) is 9.57. The van der Waals surface area contributed by atoms with Crippen LogP contribution in [0.3, 0.4) is 0 Å². The van der Waals surface area contributed by atoms with Crippen LogP contribution in [0.4, 0.5) is 13.2 Å². The maximum Gasteiger partial charge on any atom is 0.416 e. The molecule has 0 saturated heterocycles. The monoisotopic (exact) mass is 511 g/mol. The average Bonchev–Trinajstić information content (AvgIpc) is 2.81. The Labute approximate surface area is 215 Å². The molecule has 0 fully saturated rings. The van der Waals surface area contributed by atoms with Crippen molar-refractivity contribution in [2.45, 2.75) is 46.4 Å². The molecule has 8 heteroatoms. The molecule has 3 aromatic carbocycles. The molecule has 5 nitrogen and oxygen atoms in total. The smallest absolute Gasteiger partial charge is 0.416 e. The Hall–Kier alpha value is -3.81. The van der Waals surface area contributed by atoms with Crippen LogP contribution < -0.4 is 15.8 Å². The fourth-order valence-electron chi connectivity index (χ4n) is 4.24. The summed E-state index contributed by atoms with van der Waals surface area (Å²) in [6, 6.07) is 16.1. The van der Waals surface area contributed by atoms with E-state index in [1.165, 1.54) is 12.1 Å². The lowest BCUT2D eigenvalue weighted by Crippen LogP contribution is -2.32. The maximum atomic E-state index is 13.0. The molecule has 0 heterocycles. The Morgan fingerprint density at radius 1 is 1.00 bits per heavy atom. The molecule has 0 radical (unpaired) electrons. The highest BCUT2D eigenvalue weighted by atomic mass is 19.4. The van der Waals surface area contributed by atoms with Gasteiger partial charge in [-0.1, -0.05) is 38.1 Å². The fraction of sp³-hybridized carbons (Fsp3) is 0.310. The van der Waals surface area contributed by atoms with Crippen molar-refractivity contribution in [1.29, 1.82) is 5.41 Å². The van der Waals surface area contributed by atoms with Gasteiger partial charge in [-0.2, -0.15) is 13.2 Å². The van der Waals surface area contributed by atoms with E-state index >= 15 is 0 Å². The summed E-state index contributed by atoms with van der Waals surface area (Å²) in [6.45, 7) is 8.02. The Balaban J connectivity index is 1.84. The van der Waals surface area contributed by atoms with E-state index in [1.54, 1.807) is 12.1 Å². The van der Waals surface area contributed by atoms with Crippen LogP contribution in [0.1, 0.15) is 59.0 Å². The number of nitrogens with one attached hydrogen (secondary N) is 2. The molecule has 0 aliphatic carbocycles. The number of carbonyl (C=O) groups excluding carboxylic acids is 1. The molecule has 0 spiro atoms. The molecule has 1 amide bonds. The second-order valence-electron chi connectivity index (χ2n) is 9.57. The average molecular weight is 512 g/mol. The molecule has 0 saturated carbocycles. The summed E-state index contributed by atoms with van der Waals surface area (Å²) in [7, 11) is 0. The van der Waals surface area contributed by atoms with E-state index in [2.05, 4.69) is 19.2 Å². The number of rotatable bonds is 9. The Bertz CT molecular complexity index is 1230. The van der Waals surface area contributed by atoms with Gasteiger partial charge in [-0.05, 0) is 90.4 Å². The Morgan fingerprint density at radius 3 is 2.05 bits per heavy atom. The van der Waals surface area contributed by atoms with Gasteiger partial charge in [0.2, 0.25) is 0 Å². The molecule has 3 aromatic rings. The number of amides is 1. The lowest BCUT2D eigenvalue weighted by atomic mass is 9.94. The normalized spacial score (nSPS) is 12.3. The lowest BCUT2D eigenvalue weighted by Gasteiger charge is -2.23. The summed E-state index contributed by atoms with van der Waals surface area (Å²) in [5, 5.41) is 9.83. The number of benzene rings is 3. The topological polar surface area (TPSA) is 88.2 Å². The molecule has 0 aliphatic rings. The molecule has 1 unspecified atom stereocenters. The second kappa shape index (κ2) is 11.5. The third kappa shape index (κ3) is 7.35. The summed E-state index contributed by atoms with van der Waals surface area (Å²) in [5.74, 6) is 0.579. The predicted octanol–water partition coefficient (Wildman–Crippen LogP) is 6.82. The molecule has 4 N–H and O–H groups in total. The summed E-state index contributed by atoms with van der Waals surface area (Å²) >= 11 is 0.